The largest absolute Gasteiger partial charge is 0.494 e. The van der Waals surface area contributed by atoms with Crippen molar-refractivity contribution >= 4 is 11.8 Å². The average molecular weight is 403 g/mol. The lowest BCUT2D eigenvalue weighted by Crippen LogP contribution is -2.49. The van der Waals surface area contributed by atoms with Gasteiger partial charge < -0.3 is 9.47 Å². The van der Waals surface area contributed by atoms with Gasteiger partial charge >= 0.3 is 6.09 Å². The monoisotopic (exact) mass is 402 g/mol. The summed E-state index contributed by atoms with van der Waals surface area (Å²) in [4.78, 5) is 15.1. The first-order chi connectivity index (χ1) is 14.3. The van der Waals surface area contributed by atoms with Gasteiger partial charge in [-0.1, -0.05) is 45.1 Å². The van der Waals surface area contributed by atoms with Gasteiger partial charge in [0.2, 0.25) is 0 Å². The summed E-state index contributed by atoms with van der Waals surface area (Å²) in [5.74, 6) is 0.795. The van der Waals surface area contributed by atoms with E-state index in [9.17, 15) is 4.79 Å². The van der Waals surface area contributed by atoms with Gasteiger partial charge in [-0.3, -0.25) is 10.2 Å². The number of piperidine rings is 1. The van der Waals surface area contributed by atoms with E-state index < -0.39 is 0 Å². The molecule has 0 radical (unpaired) electrons. The Labute approximate surface area is 176 Å². The van der Waals surface area contributed by atoms with E-state index in [1.54, 1.807) is 0 Å². The molecule has 2 fully saturated rings. The van der Waals surface area contributed by atoms with Crippen LogP contribution in [-0.2, 0) is 4.74 Å². The second-order valence-electron chi connectivity index (χ2n) is 8.45. The highest BCUT2D eigenvalue weighted by Crippen LogP contribution is 2.28. The number of hydrogen-bond donors (Lipinski definition) is 1. The van der Waals surface area contributed by atoms with Crippen molar-refractivity contribution in [3.05, 3.63) is 24.3 Å². The van der Waals surface area contributed by atoms with E-state index in [1.165, 1.54) is 44.9 Å². The van der Waals surface area contributed by atoms with Crippen molar-refractivity contribution in [2.45, 2.75) is 89.7 Å². The summed E-state index contributed by atoms with van der Waals surface area (Å²) in [6.07, 6.45) is 12.7. The van der Waals surface area contributed by atoms with Crippen LogP contribution in [0.25, 0.3) is 0 Å². The standard InChI is InChI=1S/C24H38N2O3/c1-2-3-4-10-18-28-21-13-11-12-20(19-21)25-24(27)29-23-15-7-6-14-22(23)26-16-8-5-9-17-26/h11-13,19,22-23H,2-10,14-18H2,1H3,(H,25,27)/t22-,23-/m1/s1. The fourth-order valence-electron chi connectivity index (χ4n) is 4.55. The molecule has 0 bridgehead atoms. The topological polar surface area (TPSA) is 50.8 Å². The minimum atomic E-state index is -0.348. The van der Waals surface area contributed by atoms with Crippen LogP contribution in [0.5, 0.6) is 5.75 Å². The van der Waals surface area contributed by atoms with Crippen molar-refractivity contribution in [3.8, 4) is 5.75 Å². The Balaban J connectivity index is 1.48. The van der Waals surface area contributed by atoms with E-state index in [2.05, 4.69) is 17.1 Å². The van der Waals surface area contributed by atoms with Crippen molar-refractivity contribution in [1.29, 1.82) is 0 Å². The highest BCUT2D eigenvalue weighted by molar-refractivity contribution is 5.85. The van der Waals surface area contributed by atoms with Crippen LogP contribution in [0.2, 0.25) is 0 Å². The second-order valence-corrected chi connectivity index (χ2v) is 8.45. The predicted octanol–water partition coefficient (Wildman–Crippen LogP) is 5.99. The Bertz CT molecular complexity index is 616. The molecule has 1 aliphatic carbocycles. The summed E-state index contributed by atoms with van der Waals surface area (Å²) >= 11 is 0. The summed E-state index contributed by atoms with van der Waals surface area (Å²) < 4.78 is 11.7. The zero-order valence-electron chi connectivity index (χ0n) is 18.0. The van der Waals surface area contributed by atoms with Gasteiger partial charge in [0.05, 0.1) is 6.61 Å². The van der Waals surface area contributed by atoms with Crippen molar-refractivity contribution < 1.29 is 14.3 Å². The van der Waals surface area contributed by atoms with Gasteiger partial charge in [0.15, 0.2) is 0 Å². The number of carbonyl (C=O) groups excluding carboxylic acids is 1. The highest BCUT2D eigenvalue weighted by atomic mass is 16.6. The molecule has 1 amide bonds. The van der Waals surface area contributed by atoms with Gasteiger partial charge in [-0.15, -0.1) is 0 Å². The van der Waals surface area contributed by atoms with Crippen LogP contribution >= 0.6 is 0 Å². The van der Waals surface area contributed by atoms with E-state index in [0.717, 1.165) is 50.2 Å². The normalized spacial score (nSPS) is 22.8. The maximum Gasteiger partial charge on any atom is 0.411 e. The summed E-state index contributed by atoms with van der Waals surface area (Å²) in [6.45, 7) is 5.21. The summed E-state index contributed by atoms with van der Waals surface area (Å²) in [6, 6.07) is 7.99. The molecule has 1 heterocycles. The lowest BCUT2D eigenvalue weighted by atomic mass is 9.90. The molecule has 1 aromatic carbocycles. The van der Waals surface area contributed by atoms with Crippen LogP contribution in [0.3, 0.4) is 0 Å². The number of rotatable bonds is 9. The molecular weight excluding hydrogens is 364 g/mol. The Kier molecular flexibility index (Phi) is 9.13. The van der Waals surface area contributed by atoms with Crippen molar-refractivity contribution in [2.75, 3.05) is 25.0 Å². The molecule has 0 spiro atoms. The Morgan fingerprint density at radius 3 is 2.72 bits per heavy atom. The van der Waals surface area contributed by atoms with Gasteiger partial charge in [0, 0.05) is 17.8 Å². The fourth-order valence-corrected chi connectivity index (χ4v) is 4.55. The number of amides is 1. The number of benzene rings is 1. The molecule has 29 heavy (non-hydrogen) atoms. The molecule has 3 rings (SSSR count). The number of likely N-dealkylation sites (tertiary alicyclic amines) is 1. The molecule has 1 saturated heterocycles. The molecule has 5 heteroatoms. The lowest BCUT2D eigenvalue weighted by molar-refractivity contribution is 0.00174. The van der Waals surface area contributed by atoms with Crippen LogP contribution in [-0.4, -0.2) is 42.8 Å². The van der Waals surface area contributed by atoms with E-state index in [-0.39, 0.29) is 12.2 Å². The molecule has 1 N–H and O–H groups in total. The van der Waals surface area contributed by atoms with Gasteiger partial charge in [-0.25, -0.2) is 4.79 Å². The first-order valence-electron chi connectivity index (χ1n) is 11.7. The maximum absolute atomic E-state index is 12.6. The van der Waals surface area contributed by atoms with Crippen molar-refractivity contribution in [1.82, 2.24) is 4.90 Å². The molecule has 1 aromatic rings. The van der Waals surface area contributed by atoms with Gasteiger partial charge in [0.1, 0.15) is 11.9 Å². The Morgan fingerprint density at radius 2 is 1.90 bits per heavy atom. The van der Waals surface area contributed by atoms with Crippen LogP contribution < -0.4 is 10.1 Å². The summed E-state index contributed by atoms with van der Waals surface area (Å²) in [5, 5.41) is 2.90. The third-order valence-electron chi connectivity index (χ3n) is 6.13. The van der Waals surface area contributed by atoms with Crippen molar-refractivity contribution in [2.24, 2.45) is 0 Å². The van der Waals surface area contributed by atoms with Crippen LogP contribution in [0.15, 0.2) is 24.3 Å². The number of nitrogens with zero attached hydrogens (tertiary/aromatic N) is 1. The maximum atomic E-state index is 12.6. The molecule has 2 atom stereocenters. The SMILES string of the molecule is CCCCCCOc1cccc(NC(=O)O[C@@H]2CCCC[C@H]2N2CCCCC2)c1. The number of anilines is 1. The molecule has 1 aliphatic heterocycles. The fraction of sp³-hybridized carbons (Fsp3) is 0.708. The minimum absolute atomic E-state index is 0.000140. The van der Waals surface area contributed by atoms with Gasteiger partial charge in [0.25, 0.3) is 0 Å². The van der Waals surface area contributed by atoms with E-state index >= 15 is 0 Å². The van der Waals surface area contributed by atoms with E-state index in [1.807, 2.05) is 24.3 Å². The number of nitrogens with one attached hydrogen (secondary N) is 1. The number of hydrogen-bond acceptors (Lipinski definition) is 4. The number of carbonyl (C=O) groups is 1. The molecular formula is C24H38N2O3. The summed E-state index contributed by atoms with van der Waals surface area (Å²) in [7, 11) is 0. The molecule has 1 saturated carbocycles. The highest BCUT2D eigenvalue weighted by Gasteiger charge is 2.33. The number of ether oxygens (including phenoxy) is 2. The average Bonchev–Trinajstić information content (AvgIpc) is 2.75. The lowest BCUT2D eigenvalue weighted by Gasteiger charge is -2.41. The zero-order chi connectivity index (χ0) is 20.3. The molecule has 0 unspecified atom stereocenters. The Hall–Kier alpha value is -1.75. The molecule has 162 valence electrons. The third kappa shape index (κ3) is 7.22. The van der Waals surface area contributed by atoms with E-state index in [4.69, 9.17) is 9.47 Å². The minimum Gasteiger partial charge on any atom is -0.494 e. The first kappa shape index (κ1) is 21.9. The molecule has 2 aliphatic rings. The van der Waals surface area contributed by atoms with Gasteiger partial charge in [-0.2, -0.15) is 0 Å². The predicted molar refractivity (Wildman–Crippen MR) is 118 cm³/mol. The van der Waals surface area contributed by atoms with Crippen LogP contribution in [0.1, 0.15) is 77.6 Å². The molecule has 5 nitrogen and oxygen atoms in total. The van der Waals surface area contributed by atoms with Crippen molar-refractivity contribution in [3.63, 3.8) is 0 Å². The van der Waals surface area contributed by atoms with Gasteiger partial charge in [-0.05, 0) is 63.7 Å². The smallest absolute Gasteiger partial charge is 0.411 e. The quantitative estimate of drug-likeness (QED) is 0.515. The van der Waals surface area contributed by atoms with E-state index in [0.29, 0.717) is 12.6 Å². The summed E-state index contributed by atoms with van der Waals surface area (Å²) in [5.41, 5.74) is 0.728. The zero-order valence-corrected chi connectivity index (χ0v) is 18.0. The second kappa shape index (κ2) is 12.1. The van der Waals surface area contributed by atoms with Crippen LogP contribution in [0.4, 0.5) is 10.5 Å². The third-order valence-corrected chi connectivity index (χ3v) is 6.13. The first-order valence-corrected chi connectivity index (χ1v) is 11.7. The van der Waals surface area contributed by atoms with Crippen LogP contribution in [0, 0.1) is 0 Å². The Morgan fingerprint density at radius 1 is 1.07 bits per heavy atom. The number of unbranched alkanes of at least 4 members (excludes halogenated alkanes) is 3. The molecule has 0 aromatic heterocycles.